The Labute approximate surface area is 246 Å². The monoisotopic (exact) mass is 598 g/mol. The van der Waals surface area contributed by atoms with Crippen LogP contribution in [0.25, 0.3) is 10.8 Å². The number of rotatable bonds is 4. The molecule has 0 aromatic heterocycles. The molecular weight excluding hydrogens is 564 g/mol. The highest BCUT2D eigenvalue weighted by Crippen LogP contribution is 2.45. The van der Waals surface area contributed by atoms with Gasteiger partial charge in [0.2, 0.25) is 12.6 Å². The zero-order valence-electron chi connectivity index (χ0n) is 23.6. The summed E-state index contributed by atoms with van der Waals surface area (Å²) in [5.41, 5.74) is 1.44. The van der Waals surface area contributed by atoms with E-state index in [1.807, 2.05) is 13.0 Å². The van der Waals surface area contributed by atoms with Gasteiger partial charge in [0.25, 0.3) is 0 Å². The molecule has 3 aliphatic rings. The van der Waals surface area contributed by atoms with Crippen LogP contribution in [-0.4, -0.2) is 103 Å². The maximum absolute atomic E-state index is 14.0. The minimum Gasteiger partial charge on any atom is -0.461 e. The van der Waals surface area contributed by atoms with Gasteiger partial charge in [-0.2, -0.15) is 0 Å². The molecule has 2 fully saturated rings. The Balaban J connectivity index is 1.41. The van der Waals surface area contributed by atoms with E-state index in [1.54, 1.807) is 30.3 Å². The lowest BCUT2D eigenvalue weighted by Crippen LogP contribution is -2.58. The SMILES string of the molecule is Cc1cc(O[C@@H]2O[C@@H](C)[C@H](O)[C@@H](O)[C@H]2O)c2c3c(ccc2c1)C(=O)c1c(O[C@@H]2O[C@@H](C)[C@H](O)[C@@H](O)[C@H]2O)cccc1[C@@H]3O. The fourth-order valence-corrected chi connectivity index (χ4v) is 6.05. The van der Waals surface area contributed by atoms with Crippen LogP contribution in [0, 0.1) is 6.92 Å². The summed E-state index contributed by atoms with van der Waals surface area (Å²) < 4.78 is 23.1. The number of aliphatic hydroxyl groups is 7. The number of ether oxygens (including phenoxy) is 4. The number of aliphatic hydroxyl groups excluding tert-OH is 7. The van der Waals surface area contributed by atoms with Gasteiger partial charge in [-0.3, -0.25) is 4.79 Å². The molecule has 6 rings (SSSR count). The number of carbonyl (C=O) groups is 1. The Kier molecular flexibility index (Phi) is 7.70. The summed E-state index contributed by atoms with van der Waals surface area (Å²) in [5.74, 6) is -0.290. The van der Waals surface area contributed by atoms with Crippen LogP contribution in [0.3, 0.4) is 0 Å². The van der Waals surface area contributed by atoms with Gasteiger partial charge in [-0.25, -0.2) is 0 Å². The van der Waals surface area contributed by atoms with Crippen LogP contribution < -0.4 is 9.47 Å². The van der Waals surface area contributed by atoms with Crippen molar-refractivity contribution in [3.05, 3.63) is 70.3 Å². The van der Waals surface area contributed by atoms with Gasteiger partial charge in [0, 0.05) is 16.5 Å². The molecule has 2 heterocycles. The standard InChI is InChI=1S/C31H34O12/c1-11-9-14-7-8-16-21(19(14)18(10-11)43-31-29(39)27(37)23(33)13(3)41-31)25(35)15-5-4-6-17(20(15)24(16)34)42-30-28(38)26(36)22(32)12(2)40-30/h4-10,12-13,22-23,25-33,35-39H,1-3H3/t12-,13-,22-,23-,25-,26+,27+,28+,29+,30-,31-/m0/s1. The Morgan fingerprint density at radius 3 is 1.88 bits per heavy atom. The molecule has 3 aromatic rings. The maximum atomic E-state index is 14.0. The van der Waals surface area contributed by atoms with Crippen molar-refractivity contribution in [3.63, 3.8) is 0 Å². The van der Waals surface area contributed by atoms with E-state index in [9.17, 15) is 40.5 Å². The fraction of sp³-hybridized carbons (Fsp3) is 0.452. The summed E-state index contributed by atoms with van der Waals surface area (Å²) in [6.45, 7) is 4.87. The Morgan fingerprint density at radius 1 is 0.698 bits per heavy atom. The van der Waals surface area contributed by atoms with Crippen molar-refractivity contribution >= 4 is 16.6 Å². The van der Waals surface area contributed by atoms with Gasteiger partial charge in [-0.15, -0.1) is 0 Å². The molecule has 12 heteroatoms. The molecule has 7 N–H and O–H groups in total. The van der Waals surface area contributed by atoms with Crippen LogP contribution in [0.5, 0.6) is 11.5 Å². The first kappa shape index (κ1) is 29.9. The highest BCUT2D eigenvalue weighted by atomic mass is 16.7. The lowest BCUT2D eigenvalue weighted by Gasteiger charge is -2.39. The number of fused-ring (bicyclic) bond motifs is 4. The van der Waals surface area contributed by atoms with Crippen molar-refractivity contribution in [1.82, 2.24) is 0 Å². The van der Waals surface area contributed by atoms with E-state index in [1.165, 1.54) is 19.9 Å². The molecule has 0 bridgehead atoms. The number of hydrogen-bond donors (Lipinski definition) is 7. The van der Waals surface area contributed by atoms with Gasteiger partial charge in [0.05, 0.1) is 17.8 Å². The minimum atomic E-state index is -1.61. The van der Waals surface area contributed by atoms with Gasteiger partial charge in [0.15, 0.2) is 5.78 Å². The predicted octanol–water partition coefficient (Wildman–Crippen LogP) is 0.187. The zero-order valence-corrected chi connectivity index (χ0v) is 23.6. The highest BCUT2D eigenvalue weighted by Gasteiger charge is 2.45. The third kappa shape index (κ3) is 4.89. The molecule has 11 atom stereocenters. The third-order valence-corrected chi connectivity index (χ3v) is 8.47. The van der Waals surface area contributed by atoms with Gasteiger partial charge >= 0.3 is 0 Å². The number of benzene rings is 3. The van der Waals surface area contributed by atoms with Crippen LogP contribution in [-0.2, 0) is 9.47 Å². The van der Waals surface area contributed by atoms with E-state index in [2.05, 4.69) is 0 Å². The summed E-state index contributed by atoms with van der Waals surface area (Å²) in [4.78, 5) is 14.0. The second-order valence-corrected chi connectivity index (χ2v) is 11.4. The van der Waals surface area contributed by atoms with Gasteiger partial charge < -0.3 is 54.7 Å². The van der Waals surface area contributed by atoms with Crippen molar-refractivity contribution in [3.8, 4) is 11.5 Å². The average Bonchev–Trinajstić information content (AvgIpc) is 2.98. The van der Waals surface area contributed by atoms with E-state index in [-0.39, 0.29) is 33.8 Å². The molecule has 2 aliphatic heterocycles. The lowest BCUT2D eigenvalue weighted by atomic mass is 9.80. The molecule has 1 aliphatic carbocycles. The molecule has 0 amide bonds. The van der Waals surface area contributed by atoms with Crippen LogP contribution in [0.1, 0.15) is 52.6 Å². The fourth-order valence-electron chi connectivity index (χ4n) is 6.05. The molecule has 230 valence electrons. The number of carbonyl (C=O) groups excluding carboxylic acids is 1. The second kappa shape index (κ2) is 11.1. The molecule has 0 unspecified atom stereocenters. The van der Waals surface area contributed by atoms with Crippen LogP contribution in [0.15, 0.2) is 42.5 Å². The molecule has 0 spiro atoms. The first-order valence-corrected chi connectivity index (χ1v) is 14.0. The lowest BCUT2D eigenvalue weighted by molar-refractivity contribution is -0.268. The minimum absolute atomic E-state index is 0.00720. The number of ketones is 1. The van der Waals surface area contributed by atoms with E-state index in [4.69, 9.17) is 18.9 Å². The van der Waals surface area contributed by atoms with Gasteiger partial charge in [-0.05, 0) is 49.4 Å². The number of aryl methyl sites for hydroxylation is 1. The Hall–Kier alpha value is -3.17. The number of hydrogen-bond acceptors (Lipinski definition) is 12. The van der Waals surface area contributed by atoms with Crippen molar-refractivity contribution in [1.29, 1.82) is 0 Å². The van der Waals surface area contributed by atoms with Crippen LogP contribution in [0.2, 0.25) is 0 Å². The molecule has 43 heavy (non-hydrogen) atoms. The summed E-state index contributed by atoms with van der Waals surface area (Å²) in [7, 11) is 0. The van der Waals surface area contributed by atoms with Crippen molar-refractivity contribution in [2.45, 2.75) is 88.3 Å². The first-order chi connectivity index (χ1) is 20.4. The molecule has 12 nitrogen and oxygen atoms in total. The van der Waals surface area contributed by atoms with Crippen LogP contribution in [0.4, 0.5) is 0 Å². The maximum Gasteiger partial charge on any atom is 0.229 e. The quantitative estimate of drug-likeness (QED) is 0.216. The molecule has 0 saturated carbocycles. The van der Waals surface area contributed by atoms with E-state index >= 15 is 0 Å². The third-order valence-electron chi connectivity index (χ3n) is 8.47. The Bertz CT molecular complexity index is 1560. The first-order valence-electron chi connectivity index (χ1n) is 14.0. The van der Waals surface area contributed by atoms with Crippen molar-refractivity contribution < 1.29 is 59.5 Å². The zero-order chi connectivity index (χ0) is 30.9. The van der Waals surface area contributed by atoms with Gasteiger partial charge in [-0.1, -0.05) is 30.3 Å². The normalized spacial score (nSPS) is 35.8. The summed E-state index contributed by atoms with van der Waals surface area (Å²) in [6.07, 6.45) is -14.7. The highest BCUT2D eigenvalue weighted by molar-refractivity contribution is 6.17. The summed E-state index contributed by atoms with van der Waals surface area (Å²) in [6, 6.07) is 11.4. The topological polar surface area (TPSA) is 196 Å². The Morgan fingerprint density at radius 2 is 1.28 bits per heavy atom. The van der Waals surface area contributed by atoms with Crippen molar-refractivity contribution in [2.24, 2.45) is 0 Å². The van der Waals surface area contributed by atoms with E-state index in [0.717, 1.165) is 5.56 Å². The molecule has 0 radical (unpaired) electrons. The molecular formula is C31H34O12. The summed E-state index contributed by atoms with van der Waals surface area (Å²) in [5, 5.41) is 74.5. The van der Waals surface area contributed by atoms with Gasteiger partial charge in [0.1, 0.15) is 54.2 Å². The van der Waals surface area contributed by atoms with E-state index in [0.29, 0.717) is 10.8 Å². The second-order valence-electron chi connectivity index (χ2n) is 11.4. The van der Waals surface area contributed by atoms with Crippen LogP contribution >= 0.6 is 0 Å². The van der Waals surface area contributed by atoms with E-state index < -0.39 is 73.3 Å². The smallest absolute Gasteiger partial charge is 0.229 e. The van der Waals surface area contributed by atoms with Crippen molar-refractivity contribution in [2.75, 3.05) is 0 Å². The summed E-state index contributed by atoms with van der Waals surface area (Å²) >= 11 is 0. The largest absolute Gasteiger partial charge is 0.461 e. The predicted molar refractivity (Wildman–Crippen MR) is 149 cm³/mol. The average molecular weight is 599 g/mol. The molecule has 3 aromatic carbocycles. The molecule has 2 saturated heterocycles.